The van der Waals surface area contributed by atoms with Crippen LogP contribution in [-0.4, -0.2) is 113 Å². The summed E-state index contributed by atoms with van der Waals surface area (Å²) >= 11 is 5.75. The lowest BCUT2D eigenvalue weighted by atomic mass is 10.2. The SMILES string of the molecule is CCOC(=O)c1ccccc1S(=O)(=O)NC(=O)Nc1nc(Cl)cc(OC)n1.COc1cc(OC)nc(NC(=O)NS(=O)(=O)c2c(-c3nnn(C)n3)cnn2C)n1. The van der Waals surface area contributed by atoms with Gasteiger partial charge in [-0.2, -0.15) is 33.3 Å². The second kappa shape index (κ2) is 18.1. The highest BCUT2D eigenvalue weighted by Crippen LogP contribution is 2.24. The molecule has 28 heteroatoms. The Balaban J connectivity index is 0.000000249. The summed E-state index contributed by atoms with van der Waals surface area (Å²) in [5, 5.41) is 19.3. The Hall–Kier alpha value is -6.74. The van der Waals surface area contributed by atoms with Crippen LogP contribution in [0.2, 0.25) is 5.15 Å². The first-order valence-electron chi connectivity index (χ1n) is 15.3. The van der Waals surface area contributed by atoms with E-state index in [4.69, 9.17) is 30.5 Å². The molecule has 0 aliphatic carbocycles. The van der Waals surface area contributed by atoms with Crippen molar-refractivity contribution in [3.63, 3.8) is 0 Å². The average Bonchev–Trinajstić information content (AvgIpc) is 3.76. The van der Waals surface area contributed by atoms with Gasteiger partial charge in [0.05, 0.1) is 58.4 Å². The molecule has 0 bridgehead atoms. The van der Waals surface area contributed by atoms with E-state index >= 15 is 0 Å². The molecule has 5 rings (SSSR count). The smallest absolute Gasteiger partial charge is 0.339 e. The maximum atomic E-state index is 12.8. The molecule has 1 aromatic carbocycles. The van der Waals surface area contributed by atoms with Gasteiger partial charge in [0.2, 0.25) is 35.4 Å². The van der Waals surface area contributed by atoms with E-state index in [9.17, 15) is 31.2 Å². The van der Waals surface area contributed by atoms with Crippen LogP contribution in [0.15, 0.2) is 52.5 Å². The maximum absolute atomic E-state index is 12.8. The predicted octanol–water partition coefficient (Wildman–Crippen LogP) is 0.754. The third-order valence-corrected chi connectivity index (χ3v) is 9.47. The molecule has 0 spiro atoms. The summed E-state index contributed by atoms with van der Waals surface area (Å²) in [4.78, 5) is 52.3. The Labute approximate surface area is 322 Å². The number of urea groups is 2. The van der Waals surface area contributed by atoms with Gasteiger partial charge in [-0.15, -0.1) is 10.2 Å². The van der Waals surface area contributed by atoms with E-state index in [2.05, 4.69) is 51.1 Å². The van der Waals surface area contributed by atoms with Crippen LogP contribution in [0.4, 0.5) is 21.5 Å². The third kappa shape index (κ3) is 10.7. The number of tetrazole rings is 1. The lowest BCUT2D eigenvalue weighted by Crippen LogP contribution is -2.36. The molecule has 4 N–H and O–H groups in total. The average molecular weight is 839 g/mol. The fourth-order valence-corrected chi connectivity index (χ4v) is 6.69. The molecule has 4 amide bonds. The summed E-state index contributed by atoms with van der Waals surface area (Å²) < 4.78 is 74.8. The molecule has 298 valence electrons. The fraction of sp³-hybridized carbons (Fsp3) is 0.250. The number of anilines is 2. The second-order valence-corrected chi connectivity index (χ2v) is 13.9. The van der Waals surface area contributed by atoms with Crippen molar-refractivity contribution in [1.29, 1.82) is 0 Å². The van der Waals surface area contributed by atoms with Crippen LogP contribution < -0.4 is 34.3 Å². The number of ether oxygens (including phenoxy) is 4. The van der Waals surface area contributed by atoms with E-state index in [0.29, 0.717) is 0 Å². The molecule has 4 aromatic heterocycles. The molecular formula is C28H31ClN14O11S2. The number of nitrogens with one attached hydrogen (secondary N) is 4. The lowest BCUT2D eigenvalue weighted by molar-refractivity contribution is 0.0521. The summed E-state index contributed by atoms with van der Waals surface area (Å²) in [6.07, 6.45) is 1.25. The molecule has 0 saturated heterocycles. The molecule has 5 aromatic rings. The number of carbonyl (C=O) groups is 3. The van der Waals surface area contributed by atoms with Crippen molar-refractivity contribution in [2.75, 3.05) is 38.6 Å². The fourth-order valence-electron chi connectivity index (χ4n) is 4.20. The van der Waals surface area contributed by atoms with Crippen molar-refractivity contribution in [3.05, 3.63) is 53.3 Å². The number of benzene rings is 1. The second-order valence-electron chi connectivity index (χ2n) is 10.3. The number of esters is 1. The van der Waals surface area contributed by atoms with E-state index in [1.54, 1.807) is 11.6 Å². The molecule has 0 saturated carbocycles. The standard InChI is InChI=1S/C15H15ClN4O6S.C13H16N10O5S/c1-3-26-13(21)9-6-4-5-7-10(9)27(23,24)20-15(22)19-14-17-11(16)8-12(18-14)25-2;1-22-11(7(6-14-22)10-18-21-23(2)19-10)29(25,26)20-13(24)17-12-15-8(27-3)5-9(16-12)28-4/h4-8H,3H2,1-2H3,(H2,17,18,19,20,22);5-6H,1-4H3,(H2,15,16,17,20,24). The molecule has 0 radical (unpaired) electrons. The van der Waals surface area contributed by atoms with Gasteiger partial charge in [0.25, 0.3) is 20.0 Å². The van der Waals surface area contributed by atoms with Gasteiger partial charge in [0, 0.05) is 13.1 Å². The van der Waals surface area contributed by atoms with E-state index in [0.717, 1.165) is 9.48 Å². The molecule has 0 unspecified atom stereocenters. The number of nitrogens with zero attached hydrogens (tertiary/aromatic N) is 10. The van der Waals surface area contributed by atoms with Crippen molar-refractivity contribution in [2.45, 2.75) is 16.8 Å². The summed E-state index contributed by atoms with van der Waals surface area (Å²) in [5.41, 5.74) is -0.138. The molecule has 0 atom stereocenters. The van der Waals surface area contributed by atoms with Gasteiger partial charge in [-0.1, -0.05) is 23.7 Å². The zero-order valence-electron chi connectivity index (χ0n) is 29.9. The molecule has 0 aliphatic heterocycles. The molecule has 4 heterocycles. The topological polar surface area (TPSA) is 318 Å². The van der Waals surface area contributed by atoms with Crippen molar-refractivity contribution in [2.24, 2.45) is 14.1 Å². The minimum absolute atomic E-state index is 0.0207. The van der Waals surface area contributed by atoms with Gasteiger partial charge in [-0.05, 0) is 24.3 Å². The van der Waals surface area contributed by atoms with Gasteiger partial charge in [0.15, 0.2) is 5.03 Å². The van der Waals surface area contributed by atoms with Crippen molar-refractivity contribution in [1.82, 2.24) is 59.4 Å². The molecule has 0 aliphatic rings. The predicted molar refractivity (Wildman–Crippen MR) is 191 cm³/mol. The van der Waals surface area contributed by atoms with Gasteiger partial charge in [-0.25, -0.2) is 37.2 Å². The van der Waals surface area contributed by atoms with E-state index in [1.807, 2.05) is 4.72 Å². The molecule has 0 fully saturated rings. The van der Waals surface area contributed by atoms with E-state index in [1.165, 1.54) is 78.0 Å². The number of carbonyl (C=O) groups excluding carboxylic acids is 3. The molecule has 56 heavy (non-hydrogen) atoms. The number of hydrogen-bond acceptors (Lipinski definition) is 19. The zero-order valence-corrected chi connectivity index (χ0v) is 32.3. The molecular weight excluding hydrogens is 808 g/mol. The normalized spacial score (nSPS) is 11.0. The first kappa shape index (κ1) is 42.0. The highest BCUT2D eigenvalue weighted by atomic mass is 35.5. The first-order valence-corrected chi connectivity index (χ1v) is 18.6. The van der Waals surface area contributed by atoms with Crippen LogP contribution in [0.3, 0.4) is 0 Å². The number of aromatic nitrogens is 10. The number of hydrogen-bond donors (Lipinski definition) is 4. The quantitative estimate of drug-likeness (QED) is 0.0995. The van der Waals surface area contributed by atoms with Gasteiger partial charge in [0.1, 0.15) is 10.0 Å². The van der Waals surface area contributed by atoms with E-state index in [-0.39, 0.29) is 63.3 Å². The third-order valence-electron chi connectivity index (χ3n) is 6.44. The van der Waals surface area contributed by atoms with Crippen LogP contribution in [0, 0.1) is 0 Å². The summed E-state index contributed by atoms with van der Waals surface area (Å²) in [5.74, 6) is -1.01. The van der Waals surface area contributed by atoms with Crippen molar-refractivity contribution in [3.8, 4) is 29.0 Å². The Morgan fingerprint density at radius 3 is 1.91 bits per heavy atom. The van der Waals surface area contributed by atoms with Crippen LogP contribution in [-0.2, 0) is 38.9 Å². The van der Waals surface area contributed by atoms with Crippen molar-refractivity contribution < 1.29 is 50.2 Å². The van der Waals surface area contributed by atoms with Gasteiger partial charge in [-0.3, -0.25) is 15.3 Å². The molecule has 25 nitrogen and oxygen atoms in total. The van der Waals surface area contributed by atoms with Crippen molar-refractivity contribution >= 4 is 61.6 Å². The van der Waals surface area contributed by atoms with Crippen LogP contribution >= 0.6 is 11.6 Å². The van der Waals surface area contributed by atoms with Gasteiger partial charge < -0.3 is 18.9 Å². The minimum Gasteiger partial charge on any atom is -0.481 e. The summed E-state index contributed by atoms with van der Waals surface area (Å²) in [7, 11) is -1.78. The largest absolute Gasteiger partial charge is 0.481 e. The first-order chi connectivity index (χ1) is 26.5. The number of aryl methyl sites for hydroxylation is 2. The Bertz CT molecular complexity index is 2440. The van der Waals surface area contributed by atoms with Gasteiger partial charge >= 0.3 is 18.0 Å². The number of rotatable bonds is 12. The summed E-state index contributed by atoms with van der Waals surface area (Å²) in [6, 6.07) is 5.73. The number of methoxy groups -OCH3 is 3. The van der Waals surface area contributed by atoms with Crippen LogP contribution in [0.1, 0.15) is 17.3 Å². The Morgan fingerprint density at radius 1 is 0.804 bits per heavy atom. The van der Waals surface area contributed by atoms with Crippen LogP contribution in [0.5, 0.6) is 17.6 Å². The summed E-state index contributed by atoms with van der Waals surface area (Å²) in [6.45, 7) is 1.65. The highest BCUT2D eigenvalue weighted by molar-refractivity contribution is 7.90. The lowest BCUT2D eigenvalue weighted by Gasteiger charge is -2.11. The van der Waals surface area contributed by atoms with Crippen LogP contribution in [0.25, 0.3) is 11.4 Å². The minimum atomic E-state index is -4.38. The number of amides is 4. The monoisotopic (exact) mass is 838 g/mol. The van der Waals surface area contributed by atoms with E-state index < -0.39 is 43.0 Å². The zero-order chi connectivity index (χ0) is 41.2. The number of sulfonamides is 2. The Morgan fingerprint density at radius 2 is 1.36 bits per heavy atom. The maximum Gasteiger partial charge on any atom is 0.339 e. The Kier molecular flexibility index (Phi) is 13.5. The number of halogens is 1. The highest BCUT2D eigenvalue weighted by Gasteiger charge is 2.29.